The zero-order chi connectivity index (χ0) is 17.0. The van der Waals surface area contributed by atoms with Crippen LogP contribution in [0.3, 0.4) is 0 Å². The molecule has 1 rings (SSSR count). The predicted octanol–water partition coefficient (Wildman–Crippen LogP) is -4.58. The van der Waals surface area contributed by atoms with Gasteiger partial charge in [-0.25, -0.2) is 0 Å². The first-order valence-electron chi connectivity index (χ1n) is 6.93. The van der Waals surface area contributed by atoms with Crippen LogP contribution in [0.15, 0.2) is 0 Å². The van der Waals surface area contributed by atoms with Gasteiger partial charge in [-0.15, -0.1) is 0 Å². The summed E-state index contributed by atoms with van der Waals surface area (Å²) < 4.78 is 11.7. The van der Waals surface area contributed by atoms with Crippen LogP contribution in [0.2, 0.25) is 0 Å². The fourth-order valence-electron chi connectivity index (χ4n) is 2.29. The Bertz CT molecular complexity index is 369. The summed E-state index contributed by atoms with van der Waals surface area (Å²) >= 11 is 0. The van der Waals surface area contributed by atoms with E-state index in [1.54, 1.807) is 0 Å². The Morgan fingerprint density at radius 2 is 0.955 bits per heavy atom. The second-order valence-corrected chi connectivity index (χ2v) is 7.19. The summed E-state index contributed by atoms with van der Waals surface area (Å²) in [5.74, 6) is -0.954. The number of aliphatic hydroxyl groups is 8. The van der Waals surface area contributed by atoms with E-state index in [2.05, 4.69) is 0 Å². The summed E-state index contributed by atoms with van der Waals surface area (Å²) in [7, 11) is -1.84. The second kappa shape index (κ2) is 8.62. The van der Waals surface area contributed by atoms with Gasteiger partial charge in [-0.05, 0) is 0 Å². The van der Waals surface area contributed by atoms with Crippen LogP contribution < -0.4 is 0 Å². The van der Waals surface area contributed by atoms with Crippen LogP contribution in [0, 0.1) is 0 Å². The molecule has 0 spiro atoms. The highest BCUT2D eigenvalue weighted by molar-refractivity contribution is 7.85. The fraction of sp³-hybridized carbons (Fsp3) is 1.00. The van der Waals surface area contributed by atoms with Crippen molar-refractivity contribution in [1.29, 1.82) is 0 Å². The SMILES string of the molecule is O=[S@@]1C[C@H](O)[C@H](O)[C@@H](O)C[C@H](O)C[C@H](O)[C@@H](O)[C@H](O)[C@@H](O)C1. The Labute approximate surface area is 129 Å². The molecular formula is C12H24O9S. The zero-order valence-electron chi connectivity index (χ0n) is 11.8. The van der Waals surface area contributed by atoms with E-state index in [1.807, 2.05) is 0 Å². The molecule has 0 radical (unpaired) electrons. The topological polar surface area (TPSA) is 179 Å². The van der Waals surface area contributed by atoms with Crippen molar-refractivity contribution in [1.82, 2.24) is 0 Å². The molecule has 8 N–H and O–H groups in total. The molecule has 0 aromatic carbocycles. The molecule has 1 saturated heterocycles. The summed E-state index contributed by atoms with van der Waals surface area (Å²) in [5, 5.41) is 77.6. The van der Waals surface area contributed by atoms with Crippen LogP contribution in [0.25, 0.3) is 0 Å². The molecule has 0 saturated carbocycles. The monoisotopic (exact) mass is 344 g/mol. The molecule has 0 amide bonds. The van der Waals surface area contributed by atoms with Gasteiger partial charge in [-0.1, -0.05) is 0 Å². The number of hydrogen-bond donors (Lipinski definition) is 8. The lowest BCUT2D eigenvalue weighted by Gasteiger charge is -2.27. The Balaban J connectivity index is 2.92. The van der Waals surface area contributed by atoms with E-state index in [-0.39, 0.29) is 0 Å². The molecule has 0 aromatic rings. The van der Waals surface area contributed by atoms with E-state index in [0.29, 0.717) is 0 Å². The first-order chi connectivity index (χ1) is 10.1. The molecule has 0 unspecified atom stereocenters. The van der Waals surface area contributed by atoms with Crippen LogP contribution in [0.5, 0.6) is 0 Å². The van der Waals surface area contributed by atoms with E-state index < -0.39 is 84.0 Å². The van der Waals surface area contributed by atoms with Gasteiger partial charge in [-0.2, -0.15) is 0 Å². The molecule has 0 aromatic heterocycles. The van der Waals surface area contributed by atoms with E-state index in [0.717, 1.165) is 0 Å². The summed E-state index contributed by atoms with van der Waals surface area (Å²) in [6, 6.07) is 0. The quantitative estimate of drug-likeness (QED) is 0.215. The van der Waals surface area contributed by atoms with Crippen molar-refractivity contribution < 1.29 is 45.1 Å². The Morgan fingerprint density at radius 1 is 0.591 bits per heavy atom. The van der Waals surface area contributed by atoms with Gasteiger partial charge >= 0.3 is 0 Å². The molecule has 1 fully saturated rings. The Kier molecular flexibility index (Phi) is 7.79. The van der Waals surface area contributed by atoms with Gasteiger partial charge in [0.05, 0.1) is 42.0 Å². The van der Waals surface area contributed by atoms with Gasteiger partial charge in [-0.3, -0.25) is 4.21 Å². The molecule has 1 heterocycles. The standard InChI is InChI=1S/C12H24O9S/c13-5-1-6(14)10(18)8(16)3-22(21)4-9(17)12(20)11(19)7(15)2-5/h5-20H,1-4H2/t5-,6-,7-,8-,9-,10+,11+,12+,22+/m0/s1. The van der Waals surface area contributed by atoms with E-state index in [1.165, 1.54) is 0 Å². The summed E-state index contributed by atoms with van der Waals surface area (Å²) in [5.41, 5.74) is 0. The molecule has 0 aliphatic carbocycles. The third-order valence-corrected chi connectivity index (χ3v) is 5.09. The zero-order valence-corrected chi connectivity index (χ0v) is 12.7. The highest BCUT2D eigenvalue weighted by Gasteiger charge is 2.35. The van der Waals surface area contributed by atoms with E-state index in [9.17, 15) is 45.1 Å². The third-order valence-electron chi connectivity index (χ3n) is 3.67. The normalized spacial score (nSPS) is 49.7. The maximum Gasteiger partial charge on any atom is 0.109 e. The third kappa shape index (κ3) is 5.48. The molecule has 9 nitrogen and oxygen atoms in total. The van der Waals surface area contributed by atoms with Crippen molar-refractivity contribution in [2.75, 3.05) is 11.5 Å². The fourth-order valence-corrected chi connectivity index (χ4v) is 3.58. The molecule has 10 heteroatoms. The lowest BCUT2D eigenvalue weighted by Crippen LogP contribution is -2.47. The molecule has 1 aliphatic rings. The molecule has 132 valence electrons. The summed E-state index contributed by atoms with van der Waals surface area (Å²) in [6.07, 6.45) is -13.7. The summed E-state index contributed by atoms with van der Waals surface area (Å²) in [6.45, 7) is 0. The molecule has 0 bridgehead atoms. The van der Waals surface area contributed by atoms with Gasteiger partial charge in [0, 0.05) is 23.6 Å². The lowest BCUT2D eigenvalue weighted by atomic mass is 9.95. The molecule has 22 heavy (non-hydrogen) atoms. The Morgan fingerprint density at radius 3 is 1.45 bits per heavy atom. The van der Waals surface area contributed by atoms with Crippen molar-refractivity contribution >= 4 is 10.8 Å². The lowest BCUT2D eigenvalue weighted by molar-refractivity contribution is -0.112. The van der Waals surface area contributed by atoms with Crippen molar-refractivity contribution in [2.45, 2.75) is 61.7 Å². The average Bonchev–Trinajstić information content (AvgIpc) is 2.43. The average molecular weight is 344 g/mol. The van der Waals surface area contributed by atoms with Crippen LogP contribution in [0.4, 0.5) is 0 Å². The maximum absolute atomic E-state index is 11.7. The van der Waals surface area contributed by atoms with Gasteiger partial charge in [0.1, 0.15) is 18.3 Å². The van der Waals surface area contributed by atoms with Crippen molar-refractivity contribution in [3.63, 3.8) is 0 Å². The van der Waals surface area contributed by atoms with Gasteiger partial charge < -0.3 is 40.9 Å². The largest absolute Gasteiger partial charge is 0.393 e. The first-order valence-corrected chi connectivity index (χ1v) is 8.41. The summed E-state index contributed by atoms with van der Waals surface area (Å²) in [4.78, 5) is 0. The number of rotatable bonds is 0. The van der Waals surface area contributed by atoms with Gasteiger partial charge in [0.2, 0.25) is 0 Å². The van der Waals surface area contributed by atoms with Crippen LogP contribution in [-0.2, 0) is 10.8 Å². The van der Waals surface area contributed by atoms with Crippen molar-refractivity contribution in [2.24, 2.45) is 0 Å². The first kappa shape index (κ1) is 19.9. The van der Waals surface area contributed by atoms with E-state index >= 15 is 0 Å². The van der Waals surface area contributed by atoms with Crippen molar-refractivity contribution in [3.05, 3.63) is 0 Å². The highest BCUT2D eigenvalue weighted by Crippen LogP contribution is 2.17. The van der Waals surface area contributed by atoms with E-state index in [4.69, 9.17) is 0 Å². The molecular weight excluding hydrogens is 320 g/mol. The van der Waals surface area contributed by atoms with Gasteiger partial charge in [0.25, 0.3) is 0 Å². The number of hydrogen-bond acceptors (Lipinski definition) is 9. The van der Waals surface area contributed by atoms with Crippen LogP contribution >= 0.6 is 0 Å². The minimum Gasteiger partial charge on any atom is -0.393 e. The maximum atomic E-state index is 11.7. The van der Waals surface area contributed by atoms with Crippen LogP contribution in [0.1, 0.15) is 12.8 Å². The van der Waals surface area contributed by atoms with Gasteiger partial charge in [0.15, 0.2) is 0 Å². The van der Waals surface area contributed by atoms with Crippen molar-refractivity contribution in [3.8, 4) is 0 Å². The minimum atomic E-state index is -1.84. The predicted molar refractivity (Wildman–Crippen MR) is 75.2 cm³/mol. The second-order valence-electron chi connectivity index (χ2n) is 5.64. The smallest absolute Gasteiger partial charge is 0.109 e. The highest BCUT2D eigenvalue weighted by atomic mass is 32.2. The molecule has 1 aliphatic heterocycles. The van der Waals surface area contributed by atoms with Crippen LogP contribution in [-0.4, -0.2) is 105 Å². The number of aliphatic hydroxyl groups excluding tert-OH is 8. The Hall–Kier alpha value is -0.170. The minimum absolute atomic E-state index is 0.396. The molecule has 9 atom stereocenters.